The molecule has 2 heterocycles. The number of hydrogen-bond donors (Lipinski definition) is 2. The van der Waals surface area contributed by atoms with E-state index in [1.54, 1.807) is 10.6 Å². The first kappa shape index (κ1) is 18.2. The molecule has 2 N–H and O–H groups in total. The van der Waals surface area contributed by atoms with E-state index >= 15 is 0 Å². The first-order valence-electron chi connectivity index (χ1n) is 9.69. The van der Waals surface area contributed by atoms with E-state index in [1.807, 2.05) is 50.2 Å². The van der Waals surface area contributed by atoms with Gasteiger partial charge in [0, 0.05) is 17.9 Å². The summed E-state index contributed by atoms with van der Waals surface area (Å²) in [6.07, 6.45) is 6.02. The minimum atomic E-state index is -0.342. The Morgan fingerprint density at radius 1 is 1.04 bits per heavy atom. The van der Waals surface area contributed by atoms with E-state index in [9.17, 15) is 9.59 Å². The average molecular weight is 376 g/mol. The lowest BCUT2D eigenvalue weighted by atomic mass is 10.1. The Morgan fingerprint density at radius 3 is 2.46 bits per heavy atom. The van der Waals surface area contributed by atoms with Crippen molar-refractivity contribution < 1.29 is 9.59 Å². The Balaban J connectivity index is 1.65. The highest BCUT2D eigenvalue weighted by atomic mass is 16.2. The van der Waals surface area contributed by atoms with Crippen molar-refractivity contribution in [3.05, 3.63) is 65.2 Å². The van der Waals surface area contributed by atoms with Crippen LogP contribution in [0.3, 0.4) is 0 Å². The Kier molecular flexibility index (Phi) is 4.86. The van der Waals surface area contributed by atoms with Crippen LogP contribution in [-0.4, -0.2) is 27.2 Å². The van der Waals surface area contributed by atoms with Crippen molar-refractivity contribution >= 4 is 23.0 Å². The molecule has 2 amide bonds. The van der Waals surface area contributed by atoms with Gasteiger partial charge in [-0.25, -0.2) is 4.98 Å². The summed E-state index contributed by atoms with van der Waals surface area (Å²) in [5.74, 6) is -0.363. The molecule has 28 heavy (non-hydrogen) atoms. The zero-order chi connectivity index (χ0) is 19.7. The topological polar surface area (TPSA) is 75.5 Å². The third-order valence-corrected chi connectivity index (χ3v) is 5.14. The van der Waals surface area contributed by atoms with Gasteiger partial charge in [0.05, 0.1) is 5.52 Å². The van der Waals surface area contributed by atoms with Gasteiger partial charge in [-0.3, -0.25) is 14.0 Å². The summed E-state index contributed by atoms with van der Waals surface area (Å²) in [6, 6.07) is 11.5. The molecule has 0 spiro atoms. The Morgan fingerprint density at radius 2 is 1.75 bits per heavy atom. The summed E-state index contributed by atoms with van der Waals surface area (Å²) in [4.78, 5) is 30.1. The van der Waals surface area contributed by atoms with Crippen LogP contribution in [0, 0.1) is 13.8 Å². The van der Waals surface area contributed by atoms with Crippen LogP contribution in [0.2, 0.25) is 0 Å². The van der Waals surface area contributed by atoms with E-state index in [2.05, 4.69) is 15.6 Å². The number of fused-ring (bicyclic) bond motifs is 1. The SMILES string of the molecule is Cc1cc(C)cc(NC(=O)c2nc(C(=O)NC3CCCC3)c3ccccn23)c1. The maximum Gasteiger partial charge on any atom is 0.292 e. The van der Waals surface area contributed by atoms with Gasteiger partial charge in [0.1, 0.15) is 0 Å². The van der Waals surface area contributed by atoms with Crippen LogP contribution in [-0.2, 0) is 0 Å². The number of hydrogen-bond acceptors (Lipinski definition) is 3. The molecular formula is C22H24N4O2. The minimum absolute atomic E-state index is 0.195. The fourth-order valence-corrected chi connectivity index (χ4v) is 3.92. The third-order valence-electron chi connectivity index (χ3n) is 5.14. The first-order chi connectivity index (χ1) is 13.5. The third kappa shape index (κ3) is 3.63. The minimum Gasteiger partial charge on any atom is -0.348 e. The van der Waals surface area contributed by atoms with E-state index in [-0.39, 0.29) is 29.4 Å². The lowest BCUT2D eigenvalue weighted by Crippen LogP contribution is -2.33. The summed E-state index contributed by atoms with van der Waals surface area (Å²) in [6.45, 7) is 3.97. The van der Waals surface area contributed by atoms with Gasteiger partial charge < -0.3 is 10.6 Å². The highest BCUT2D eigenvalue weighted by Crippen LogP contribution is 2.20. The van der Waals surface area contributed by atoms with Gasteiger partial charge in [-0.1, -0.05) is 25.0 Å². The van der Waals surface area contributed by atoms with Crippen LogP contribution in [0.1, 0.15) is 57.9 Å². The van der Waals surface area contributed by atoms with E-state index in [1.165, 1.54) is 0 Å². The molecule has 0 radical (unpaired) electrons. The van der Waals surface area contributed by atoms with Crippen molar-refractivity contribution in [2.24, 2.45) is 0 Å². The summed E-state index contributed by atoms with van der Waals surface area (Å²) in [5.41, 5.74) is 3.77. The van der Waals surface area contributed by atoms with Crippen molar-refractivity contribution in [2.75, 3.05) is 5.32 Å². The molecule has 144 valence electrons. The van der Waals surface area contributed by atoms with Crippen LogP contribution in [0.15, 0.2) is 42.6 Å². The van der Waals surface area contributed by atoms with Gasteiger partial charge in [0.15, 0.2) is 5.69 Å². The summed E-state index contributed by atoms with van der Waals surface area (Å²) < 4.78 is 1.67. The van der Waals surface area contributed by atoms with Gasteiger partial charge in [-0.15, -0.1) is 0 Å². The number of aromatic nitrogens is 2. The molecule has 0 aliphatic heterocycles. The molecule has 1 aliphatic carbocycles. The number of nitrogens with zero attached hydrogens (tertiary/aromatic N) is 2. The van der Waals surface area contributed by atoms with Gasteiger partial charge in [0.25, 0.3) is 11.8 Å². The molecule has 0 atom stereocenters. The predicted octanol–water partition coefficient (Wildman–Crippen LogP) is 3.88. The molecule has 6 heteroatoms. The molecule has 1 saturated carbocycles. The first-order valence-corrected chi connectivity index (χ1v) is 9.69. The fraction of sp³-hybridized carbons (Fsp3) is 0.318. The number of amides is 2. The summed E-state index contributed by atoms with van der Waals surface area (Å²) in [7, 11) is 0. The lowest BCUT2D eigenvalue weighted by molar-refractivity contribution is 0.0935. The number of anilines is 1. The van der Waals surface area contributed by atoms with E-state index in [4.69, 9.17) is 0 Å². The monoisotopic (exact) mass is 376 g/mol. The van der Waals surface area contributed by atoms with Gasteiger partial charge in [0.2, 0.25) is 5.82 Å². The number of nitrogens with one attached hydrogen (secondary N) is 2. The van der Waals surface area contributed by atoms with Crippen LogP contribution in [0.5, 0.6) is 0 Å². The Hall–Kier alpha value is -3.15. The molecule has 0 saturated heterocycles. The van der Waals surface area contributed by atoms with Gasteiger partial charge in [-0.2, -0.15) is 0 Å². The standard InChI is InChI=1S/C22H24N4O2/c1-14-11-15(2)13-17(12-14)24-22(28)20-25-19(18-9-5-6-10-26(18)20)21(27)23-16-7-3-4-8-16/h5-6,9-13,16H,3-4,7-8H2,1-2H3,(H,23,27)(H,24,28). The van der Waals surface area contributed by atoms with E-state index in [0.29, 0.717) is 11.2 Å². The molecule has 1 aromatic carbocycles. The smallest absolute Gasteiger partial charge is 0.292 e. The van der Waals surface area contributed by atoms with Crippen LogP contribution >= 0.6 is 0 Å². The zero-order valence-electron chi connectivity index (χ0n) is 16.2. The van der Waals surface area contributed by atoms with Crippen LogP contribution in [0.25, 0.3) is 5.52 Å². The molecular weight excluding hydrogens is 352 g/mol. The number of benzene rings is 1. The number of carbonyl (C=O) groups excluding carboxylic acids is 2. The molecule has 0 bridgehead atoms. The molecule has 2 aromatic heterocycles. The Labute approximate surface area is 164 Å². The second-order valence-electron chi connectivity index (χ2n) is 7.53. The largest absolute Gasteiger partial charge is 0.348 e. The predicted molar refractivity (Wildman–Crippen MR) is 109 cm³/mol. The Bertz CT molecular complexity index is 1030. The molecule has 1 aliphatic rings. The summed E-state index contributed by atoms with van der Waals surface area (Å²) in [5, 5.41) is 5.96. The number of imidazole rings is 1. The number of aryl methyl sites for hydroxylation is 2. The normalized spacial score (nSPS) is 14.4. The van der Waals surface area contributed by atoms with Crippen LogP contribution < -0.4 is 10.6 Å². The maximum absolute atomic E-state index is 12.9. The number of rotatable bonds is 4. The number of carbonyl (C=O) groups is 2. The second kappa shape index (κ2) is 7.46. The van der Waals surface area contributed by atoms with Crippen molar-refractivity contribution in [3.63, 3.8) is 0 Å². The summed E-state index contributed by atoms with van der Waals surface area (Å²) >= 11 is 0. The lowest BCUT2D eigenvalue weighted by Gasteiger charge is -2.10. The van der Waals surface area contributed by atoms with Crippen molar-refractivity contribution in [1.29, 1.82) is 0 Å². The van der Waals surface area contributed by atoms with Crippen LogP contribution in [0.4, 0.5) is 5.69 Å². The molecule has 3 aromatic rings. The van der Waals surface area contributed by atoms with Gasteiger partial charge >= 0.3 is 0 Å². The van der Waals surface area contributed by atoms with E-state index in [0.717, 1.165) is 36.8 Å². The zero-order valence-corrected chi connectivity index (χ0v) is 16.2. The quantitative estimate of drug-likeness (QED) is 0.726. The van der Waals surface area contributed by atoms with Gasteiger partial charge in [-0.05, 0) is 62.1 Å². The molecule has 1 fully saturated rings. The highest BCUT2D eigenvalue weighted by Gasteiger charge is 2.24. The van der Waals surface area contributed by atoms with E-state index < -0.39 is 0 Å². The highest BCUT2D eigenvalue weighted by molar-refractivity contribution is 6.06. The second-order valence-corrected chi connectivity index (χ2v) is 7.53. The van der Waals surface area contributed by atoms with Crippen molar-refractivity contribution in [1.82, 2.24) is 14.7 Å². The fourth-order valence-electron chi connectivity index (χ4n) is 3.92. The molecule has 0 unspecified atom stereocenters. The molecule has 4 rings (SSSR count). The average Bonchev–Trinajstić information content (AvgIpc) is 3.28. The maximum atomic E-state index is 12.9. The number of pyridine rings is 1. The molecule has 6 nitrogen and oxygen atoms in total. The van der Waals surface area contributed by atoms with Crippen molar-refractivity contribution in [3.8, 4) is 0 Å². The van der Waals surface area contributed by atoms with Crippen molar-refractivity contribution in [2.45, 2.75) is 45.6 Å².